The van der Waals surface area contributed by atoms with Crippen LogP contribution < -0.4 is 10.6 Å². The van der Waals surface area contributed by atoms with Crippen LogP contribution in [-0.4, -0.2) is 55.8 Å². The zero-order chi connectivity index (χ0) is 18.9. The number of nitrogens with zero attached hydrogens (tertiary/aromatic N) is 2. The Labute approximate surface area is 148 Å². The summed E-state index contributed by atoms with van der Waals surface area (Å²) in [4.78, 5) is 5.42. The van der Waals surface area contributed by atoms with E-state index < -0.39 is 24.4 Å². The number of hydrogen-bond acceptors (Lipinski definition) is 2. The zero-order valence-corrected chi connectivity index (χ0v) is 14.3. The summed E-state index contributed by atoms with van der Waals surface area (Å²) in [6.45, 7) is -0.286. The number of nitrogens with one attached hydrogen (secondary N) is 2. The van der Waals surface area contributed by atoms with Crippen LogP contribution in [0, 0.1) is 11.6 Å². The Morgan fingerprint density at radius 2 is 1.92 bits per heavy atom. The highest BCUT2D eigenvalue weighted by atomic mass is 19.4. The number of likely N-dealkylation sites (tertiary alicyclic amines) is 1. The molecule has 3 rings (SSSR count). The number of rotatable bonds is 4. The van der Waals surface area contributed by atoms with Crippen LogP contribution >= 0.6 is 0 Å². The van der Waals surface area contributed by atoms with E-state index in [-0.39, 0.29) is 30.1 Å². The Hall–Kier alpha value is -1.90. The van der Waals surface area contributed by atoms with Crippen molar-refractivity contribution in [2.45, 2.75) is 37.0 Å². The first kappa shape index (κ1) is 18.9. The molecule has 2 N–H and O–H groups in total. The van der Waals surface area contributed by atoms with Crippen molar-refractivity contribution in [3.8, 4) is 0 Å². The maximum atomic E-state index is 13.8. The number of aliphatic imine (C=N–C) groups is 1. The third kappa shape index (κ3) is 4.63. The normalized spacial score (nSPS) is 26.8. The van der Waals surface area contributed by atoms with Crippen LogP contribution in [0.3, 0.4) is 0 Å². The molecule has 1 aromatic rings. The minimum atomic E-state index is -4.21. The first-order chi connectivity index (χ1) is 12.3. The van der Waals surface area contributed by atoms with Crippen molar-refractivity contribution in [3.05, 3.63) is 35.4 Å². The van der Waals surface area contributed by atoms with Crippen molar-refractivity contribution >= 4 is 5.96 Å². The predicted molar refractivity (Wildman–Crippen MR) is 88.0 cm³/mol. The van der Waals surface area contributed by atoms with E-state index in [1.165, 1.54) is 23.1 Å². The van der Waals surface area contributed by atoms with Crippen LogP contribution in [0.25, 0.3) is 0 Å². The fourth-order valence-electron chi connectivity index (χ4n) is 3.43. The maximum Gasteiger partial charge on any atom is 0.401 e. The second kappa shape index (κ2) is 7.38. The molecule has 1 saturated carbocycles. The summed E-state index contributed by atoms with van der Waals surface area (Å²) in [6, 6.07) is 3.49. The molecule has 1 aliphatic heterocycles. The predicted octanol–water partition coefficient (Wildman–Crippen LogP) is 2.62. The third-order valence-electron chi connectivity index (χ3n) is 4.72. The first-order valence-electron chi connectivity index (χ1n) is 8.49. The molecule has 144 valence electrons. The summed E-state index contributed by atoms with van der Waals surface area (Å²) in [7, 11) is 1.55. The number of halogens is 5. The van der Waals surface area contributed by atoms with Gasteiger partial charge in [-0.15, -0.1) is 0 Å². The fourth-order valence-corrected chi connectivity index (χ4v) is 3.43. The Morgan fingerprint density at radius 3 is 2.54 bits per heavy atom. The number of alkyl halides is 3. The lowest BCUT2D eigenvalue weighted by Gasteiger charge is -2.20. The minimum Gasteiger partial charge on any atom is -0.353 e. The molecule has 0 spiro atoms. The molecule has 0 amide bonds. The molecule has 2 aliphatic rings. The molecule has 1 heterocycles. The summed E-state index contributed by atoms with van der Waals surface area (Å²) in [5.41, 5.74) is 0.0673. The largest absolute Gasteiger partial charge is 0.401 e. The summed E-state index contributed by atoms with van der Waals surface area (Å²) in [5, 5.41) is 6.19. The van der Waals surface area contributed by atoms with Gasteiger partial charge in [0, 0.05) is 43.7 Å². The van der Waals surface area contributed by atoms with Gasteiger partial charge in [-0.3, -0.25) is 9.89 Å². The fraction of sp³-hybridized carbons (Fsp3) is 0.588. The van der Waals surface area contributed by atoms with Crippen molar-refractivity contribution in [1.82, 2.24) is 15.5 Å². The average molecular weight is 376 g/mol. The maximum absolute atomic E-state index is 13.8. The van der Waals surface area contributed by atoms with Gasteiger partial charge in [0.25, 0.3) is 0 Å². The standard InChI is InChI=1S/C17H21F5N4/c1-23-16(24-10-5-6-26(8-10)9-17(20,21)22)25-14-7-11(14)15-12(18)3-2-4-13(15)19/h2-4,10-11,14H,5-9H2,1H3,(H2,23,24,25). The molecule has 0 radical (unpaired) electrons. The Balaban J connectivity index is 1.51. The van der Waals surface area contributed by atoms with Gasteiger partial charge in [0.05, 0.1) is 6.54 Å². The molecule has 3 atom stereocenters. The van der Waals surface area contributed by atoms with E-state index in [2.05, 4.69) is 15.6 Å². The van der Waals surface area contributed by atoms with Crippen molar-refractivity contribution in [2.75, 3.05) is 26.7 Å². The lowest BCUT2D eigenvalue weighted by molar-refractivity contribution is -0.143. The van der Waals surface area contributed by atoms with Crippen LogP contribution in [0.15, 0.2) is 23.2 Å². The highest BCUT2D eigenvalue weighted by Crippen LogP contribution is 2.43. The van der Waals surface area contributed by atoms with E-state index >= 15 is 0 Å². The molecule has 1 aromatic carbocycles. The van der Waals surface area contributed by atoms with E-state index in [0.717, 1.165) is 0 Å². The summed E-state index contributed by atoms with van der Waals surface area (Å²) >= 11 is 0. The summed E-state index contributed by atoms with van der Waals surface area (Å²) < 4.78 is 65.0. The van der Waals surface area contributed by atoms with Crippen molar-refractivity contribution < 1.29 is 22.0 Å². The number of benzene rings is 1. The van der Waals surface area contributed by atoms with Crippen LogP contribution in [0.2, 0.25) is 0 Å². The molecule has 0 aromatic heterocycles. The zero-order valence-electron chi connectivity index (χ0n) is 14.3. The van der Waals surface area contributed by atoms with Gasteiger partial charge >= 0.3 is 6.18 Å². The molecule has 3 unspecified atom stereocenters. The lowest BCUT2D eigenvalue weighted by Crippen LogP contribution is -2.46. The molecule has 1 aliphatic carbocycles. The van der Waals surface area contributed by atoms with Gasteiger partial charge in [-0.2, -0.15) is 13.2 Å². The molecule has 1 saturated heterocycles. The van der Waals surface area contributed by atoms with Gasteiger partial charge in [-0.1, -0.05) is 6.07 Å². The Morgan fingerprint density at radius 1 is 1.23 bits per heavy atom. The van der Waals surface area contributed by atoms with Crippen molar-refractivity contribution in [3.63, 3.8) is 0 Å². The first-order valence-corrected chi connectivity index (χ1v) is 8.49. The van der Waals surface area contributed by atoms with Crippen LogP contribution in [0.4, 0.5) is 22.0 Å². The van der Waals surface area contributed by atoms with Gasteiger partial charge in [-0.25, -0.2) is 8.78 Å². The van der Waals surface area contributed by atoms with Crippen LogP contribution in [0.1, 0.15) is 24.3 Å². The minimum absolute atomic E-state index is 0.0673. The van der Waals surface area contributed by atoms with Crippen molar-refractivity contribution in [2.24, 2.45) is 4.99 Å². The van der Waals surface area contributed by atoms with Gasteiger partial charge in [-0.05, 0) is 25.0 Å². The number of hydrogen-bond donors (Lipinski definition) is 2. The van der Waals surface area contributed by atoms with E-state index in [1.807, 2.05) is 0 Å². The van der Waals surface area contributed by atoms with Gasteiger partial charge < -0.3 is 10.6 Å². The molecule has 0 bridgehead atoms. The van der Waals surface area contributed by atoms with Crippen LogP contribution in [-0.2, 0) is 0 Å². The highest BCUT2D eigenvalue weighted by Gasteiger charge is 2.42. The summed E-state index contributed by atoms with van der Waals surface area (Å²) in [6.07, 6.45) is -3.06. The Bertz CT molecular complexity index is 655. The average Bonchev–Trinajstić information content (AvgIpc) is 3.14. The monoisotopic (exact) mass is 376 g/mol. The quantitative estimate of drug-likeness (QED) is 0.482. The molecular weight excluding hydrogens is 355 g/mol. The molecular formula is C17H21F5N4. The van der Waals surface area contributed by atoms with E-state index in [9.17, 15) is 22.0 Å². The summed E-state index contributed by atoms with van der Waals surface area (Å²) in [5.74, 6) is -0.977. The van der Waals surface area contributed by atoms with Gasteiger partial charge in [0.2, 0.25) is 0 Å². The molecule has 4 nitrogen and oxygen atoms in total. The smallest absolute Gasteiger partial charge is 0.353 e. The van der Waals surface area contributed by atoms with E-state index in [4.69, 9.17) is 0 Å². The molecule has 2 fully saturated rings. The van der Waals surface area contributed by atoms with E-state index in [0.29, 0.717) is 25.3 Å². The van der Waals surface area contributed by atoms with Crippen molar-refractivity contribution in [1.29, 1.82) is 0 Å². The Kier molecular flexibility index (Phi) is 5.36. The second-order valence-corrected chi connectivity index (χ2v) is 6.78. The van der Waals surface area contributed by atoms with E-state index in [1.54, 1.807) is 7.05 Å². The van der Waals surface area contributed by atoms with Gasteiger partial charge in [0.1, 0.15) is 11.6 Å². The lowest BCUT2D eigenvalue weighted by atomic mass is 10.1. The van der Waals surface area contributed by atoms with Crippen LogP contribution in [0.5, 0.6) is 0 Å². The third-order valence-corrected chi connectivity index (χ3v) is 4.72. The molecule has 9 heteroatoms. The number of guanidine groups is 1. The second-order valence-electron chi connectivity index (χ2n) is 6.78. The topological polar surface area (TPSA) is 39.7 Å². The SMILES string of the molecule is CN=C(NC1CCN(CC(F)(F)F)C1)NC1CC1c1c(F)cccc1F. The van der Waals surface area contributed by atoms with Gasteiger partial charge in [0.15, 0.2) is 5.96 Å². The molecule has 26 heavy (non-hydrogen) atoms. The highest BCUT2D eigenvalue weighted by molar-refractivity contribution is 5.81.